The van der Waals surface area contributed by atoms with Crippen LogP contribution in [0, 0.1) is 16.3 Å². The van der Waals surface area contributed by atoms with Crippen LogP contribution >= 0.6 is 23.6 Å². The van der Waals surface area contributed by atoms with Gasteiger partial charge in [0.1, 0.15) is 0 Å². The van der Waals surface area contributed by atoms with Crippen molar-refractivity contribution in [3.8, 4) is 0 Å². The summed E-state index contributed by atoms with van der Waals surface area (Å²) in [6.07, 6.45) is 1.68. The van der Waals surface area contributed by atoms with Gasteiger partial charge >= 0.3 is 0 Å². The fraction of sp³-hybridized carbons (Fsp3) is 0.412. The molecule has 0 bridgehead atoms. The van der Waals surface area contributed by atoms with Crippen LogP contribution in [0.5, 0.6) is 0 Å². The average molecular weight is 348 g/mol. The maximum atomic E-state index is 12.2. The van der Waals surface area contributed by atoms with Crippen molar-refractivity contribution in [2.45, 2.75) is 32.3 Å². The molecule has 1 aromatic heterocycles. The molecule has 3 rings (SSSR count). The minimum atomic E-state index is -0.528. The van der Waals surface area contributed by atoms with Crippen molar-refractivity contribution in [2.75, 3.05) is 6.54 Å². The number of aryl methyl sites for hydroxylation is 1. The molecule has 6 heteroatoms. The summed E-state index contributed by atoms with van der Waals surface area (Å²) in [7, 11) is 0. The standard InChI is InChI=1S/C17H20N2O2S2/c1-11-13(23-16(22)19-11)9-14(20)18-10-17(7-8-17)15(21)12-5-3-2-4-6-12/h2-6,15,21H,7-10H2,1H3,(H,18,20)(H,19,22). The van der Waals surface area contributed by atoms with Gasteiger partial charge in [0.2, 0.25) is 5.91 Å². The number of benzene rings is 1. The van der Waals surface area contributed by atoms with Crippen molar-refractivity contribution < 1.29 is 9.90 Å². The zero-order chi connectivity index (χ0) is 16.4. The lowest BCUT2D eigenvalue weighted by molar-refractivity contribution is -0.120. The van der Waals surface area contributed by atoms with Crippen molar-refractivity contribution in [3.05, 3.63) is 50.4 Å². The second-order valence-electron chi connectivity index (χ2n) is 6.19. The number of carbonyl (C=O) groups excluding carboxylic acids is 1. The molecule has 122 valence electrons. The molecule has 23 heavy (non-hydrogen) atoms. The number of H-pyrrole nitrogens is 1. The van der Waals surface area contributed by atoms with Crippen LogP contribution in [0.25, 0.3) is 0 Å². The van der Waals surface area contributed by atoms with E-state index in [-0.39, 0.29) is 11.3 Å². The van der Waals surface area contributed by atoms with Gasteiger partial charge in [0, 0.05) is 22.5 Å². The molecule has 0 radical (unpaired) electrons. The molecule has 4 nitrogen and oxygen atoms in total. The number of aliphatic hydroxyl groups is 1. The van der Waals surface area contributed by atoms with E-state index in [1.165, 1.54) is 11.3 Å². The van der Waals surface area contributed by atoms with E-state index in [2.05, 4.69) is 10.3 Å². The van der Waals surface area contributed by atoms with E-state index in [1.54, 1.807) is 0 Å². The van der Waals surface area contributed by atoms with Crippen molar-refractivity contribution in [2.24, 2.45) is 5.41 Å². The summed E-state index contributed by atoms with van der Waals surface area (Å²) in [4.78, 5) is 16.2. The molecule has 0 saturated heterocycles. The van der Waals surface area contributed by atoms with E-state index >= 15 is 0 Å². The van der Waals surface area contributed by atoms with Crippen LogP contribution in [0.15, 0.2) is 30.3 Å². The summed E-state index contributed by atoms with van der Waals surface area (Å²) in [5.74, 6) is -0.0233. The summed E-state index contributed by atoms with van der Waals surface area (Å²) >= 11 is 6.54. The van der Waals surface area contributed by atoms with E-state index in [1.807, 2.05) is 37.3 Å². The highest BCUT2D eigenvalue weighted by Crippen LogP contribution is 2.54. The molecule has 1 aliphatic carbocycles. The molecule has 1 amide bonds. The van der Waals surface area contributed by atoms with E-state index in [0.29, 0.717) is 16.9 Å². The predicted octanol–water partition coefficient (Wildman–Crippen LogP) is 3.29. The lowest BCUT2D eigenvalue weighted by Crippen LogP contribution is -2.34. The number of carbonyl (C=O) groups is 1. The van der Waals surface area contributed by atoms with Gasteiger partial charge in [-0.25, -0.2) is 0 Å². The molecule has 1 unspecified atom stereocenters. The fourth-order valence-corrected chi connectivity index (χ4v) is 4.07. The molecule has 1 heterocycles. The number of hydrogen-bond donors (Lipinski definition) is 3. The van der Waals surface area contributed by atoms with Crippen LogP contribution in [0.2, 0.25) is 0 Å². The smallest absolute Gasteiger partial charge is 0.225 e. The van der Waals surface area contributed by atoms with Crippen LogP contribution in [0.4, 0.5) is 0 Å². The molecule has 2 aromatic rings. The Morgan fingerprint density at radius 2 is 2.13 bits per heavy atom. The first-order valence-corrected chi connectivity index (χ1v) is 8.91. The second-order valence-corrected chi connectivity index (χ2v) is 7.96. The molecule has 3 N–H and O–H groups in total. The maximum Gasteiger partial charge on any atom is 0.225 e. The molecule has 1 saturated carbocycles. The minimum Gasteiger partial charge on any atom is -0.388 e. The van der Waals surface area contributed by atoms with Gasteiger partial charge in [-0.05, 0) is 37.5 Å². The van der Waals surface area contributed by atoms with Crippen molar-refractivity contribution in [1.29, 1.82) is 0 Å². The third-order valence-corrected chi connectivity index (χ3v) is 5.81. The Balaban J connectivity index is 1.58. The van der Waals surface area contributed by atoms with Crippen LogP contribution < -0.4 is 5.32 Å². The van der Waals surface area contributed by atoms with Gasteiger partial charge in [-0.15, -0.1) is 11.3 Å². The monoisotopic (exact) mass is 348 g/mol. The number of amides is 1. The highest BCUT2D eigenvalue weighted by Gasteiger charge is 2.49. The highest BCUT2D eigenvalue weighted by molar-refractivity contribution is 7.73. The van der Waals surface area contributed by atoms with E-state index in [9.17, 15) is 9.90 Å². The second kappa shape index (κ2) is 6.55. The quantitative estimate of drug-likeness (QED) is 0.702. The van der Waals surface area contributed by atoms with Gasteiger partial charge in [-0.3, -0.25) is 4.79 Å². The van der Waals surface area contributed by atoms with E-state index in [4.69, 9.17) is 12.2 Å². The first-order valence-electron chi connectivity index (χ1n) is 7.68. The number of aromatic amines is 1. The number of rotatable bonds is 6. The topological polar surface area (TPSA) is 65.1 Å². The van der Waals surface area contributed by atoms with Gasteiger partial charge in [-0.2, -0.15) is 0 Å². The molecular formula is C17H20N2O2S2. The molecule has 1 aliphatic rings. The minimum absolute atomic E-state index is 0.0233. The van der Waals surface area contributed by atoms with Crippen molar-refractivity contribution in [3.63, 3.8) is 0 Å². The van der Waals surface area contributed by atoms with Crippen LogP contribution in [-0.4, -0.2) is 22.5 Å². The molecular weight excluding hydrogens is 328 g/mol. The maximum absolute atomic E-state index is 12.2. The van der Waals surface area contributed by atoms with Crippen molar-refractivity contribution in [1.82, 2.24) is 10.3 Å². The zero-order valence-electron chi connectivity index (χ0n) is 13.0. The summed E-state index contributed by atoms with van der Waals surface area (Å²) in [5, 5.41) is 13.6. The highest BCUT2D eigenvalue weighted by atomic mass is 32.1. The van der Waals surface area contributed by atoms with Gasteiger partial charge in [0.15, 0.2) is 3.95 Å². The Bertz CT molecular complexity index is 747. The molecule has 0 aliphatic heterocycles. The number of aliphatic hydroxyl groups excluding tert-OH is 1. The lowest BCUT2D eigenvalue weighted by atomic mass is 9.92. The van der Waals surface area contributed by atoms with Gasteiger partial charge < -0.3 is 15.4 Å². The summed E-state index contributed by atoms with van der Waals surface area (Å²) in [6.45, 7) is 2.44. The summed E-state index contributed by atoms with van der Waals surface area (Å²) in [5.41, 5.74) is 1.66. The molecule has 1 fully saturated rings. The number of hydrogen-bond acceptors (Lipinski definition) is 4. The molecule has 0 spiro atoms. The van der Waals surface area contributed by atoms with Crippen molar-refractivity contribution >= 4 is 29.5 Å². The van der Waals surface area contributed by atoms with Crippen LogP contribution in [0.3, 0.4) is 0 Å². The number of thiazole rings is 1. The van der Waals surface area contributed by atoms with Crippen LogP contribution in [0.1, 0.15) is 35.1 Å². The summed E-state index contributed by atoms with van der Waals surface area (Å²) < 4.78 is 0.698. The van der Waals surface area contributed by atoms with E-state index < -0.39 is 6.10 Å². The Hall–Kier alpha value is -1.50. The van der Waals surface area contributed by atoms with E-state index in [0.717, 1.165) is 29.0 Å². The van der Waals surface area contributed by atoms with Gasteiger partial charge in [-0.1, -0.05) is 30.3 Å². The first kappa shape index (κ1) is 16.4. The van der Waals surface area contributed by atoms with Gasteiger partial charge in [0.05, 0.1) is 12.5 Å². The third kappa shape index (κ3) is 3.71. The van der Waals surface area contributed by atoms with Crippen LogP contribution in [-0.2, 0) is 11.2 Å². The lowest BCUT2D eigenvalue weighted by Gasteiger charge is -2.23. The Morgan fingerprint density at radius 1 is 1.43 bits per heavy atom. The SMILES string of the molecule is Cc1[nH]c(=S)sc1CC(=O)NCC1(C(O)c2ccccc2)CC1. The number of aromatic nitrogens is 1. The number of nitrogens with one attached hydrogen (secondary N) is 2. The Kier molecular flexibility index (Phi) is 4.66. The molecule has 1 aromatic carbocycles. The zero-order valence-corrected chi connectivity index (χ0v) is 14.6. The molecule has 1 atom stereocenters. The van der Waals surface area contributed by atoms with Gasteiger partial charge in [0.25, 0.3) is 0 Å². The average Bonchev–Trinajstić information content (AvgIpc) is 3.27. The Morgan fingerprint density at radius 3 is 2.70 bits per heavy atom. The largest absolute Gasteiger partial charge is 0.388 e. The predicted molar refractivity (Wildman–Crippen MR) is 94.0 cm³/mol. The normalized spacial score (nSPS) is 16.8. The first-order chi connectivity index (χ1) is 11.0. The summed E-state index contributed by atoms with van der Waals surface area (Å²) in [6, 6.07) is 9.65. The fourth-order valence-electron chi connectivity index (χ4n) is 2.78. The third-order valence-electron chi connectivity index (χ3n) is 4.47. The Labute approximate surface area is 144 Å².